The molecule has 0 fully saturated rings. The molecule has 0 radical (unpaired) electrons. The number of hydrogen-bond acceptors (Lipinski definition) is 3. The first-order valence-electron chi connectivity index (χ1n) is 4.76. The highest BCUT2D eigenvalue weighted by molar-refractivity contribution is 5.56. The molecule has 1 rings (SSSR count). The fraction of sp³-hybridized carbons (Fsp3) is 0.545. The first kappa shape index (κ1) is 10.8. The van der Waals surface area contributed by atoms with Gasteiger partial charge in [0.2, 0.25) is 0 Å². The third-order valence-corrected chi connectivity index (χ3v) is 2.37. The minimum absolute atomic E-state index is 1.01. The Morgan fingerprint density at radius 3 is 2.00 bits per heavy atom. The smallest absolute Gasteiger partial charge is 0.133 e. The Morgan fingerprint density at radius 2 is 1.57 bits per heavy atom. The molecular formula is C11H19N3. The van der Waals surface area contributed by atoms with Crippen LogP contribution >= 0.6 is 0 Å². The molecule has 0 unspecified atom stereocenters. The standard InChI is InChI=1S/C11H19N3/c1-8-7-10(13(3)4)12-11(9(8)2)14(5)6/h7H,1-6H3. The Bertz CT molecular complexity index is 330. The van der Waals surface area contributed by atoms with Crippen LogP contribution in [0.3, 0.4) is 0 Å². The van der Waals surface area contributed by atoms with Crippen molar-refractivity contribution in [2.45, 2.75) is 13.8 Å². The van der Waals surface area contributed by atoms with Gasteiger partial charge in [0, 0.05) is 28.2 Å². The van der Waals surface area contributed by atoms with E-state index in [-0.39, 0.29) is 0 Å². The maximum Gasteiger partial charge on any atom is 0.133 e. The van der Waals surface area contributed by atoms with Crippen molar-refractivity contribution in [2.75, 3.05) is 38.0 Å². The highest BCUT2D eigenvalue weighted by atomic mass is 15.2. The molecule has 0 aromatic carbocycles. The van der Waals surface area contributed by atoms with E-state index in [9.17, 15) is 0 Å². The van der Waals surface area contributed by atoms with Crippen LogP contribution in [0.25, 0.3) is 0 Å². The average Bonchev–Trinajstić information content (AvgIpc) is 2.08. The number of pyridine rings is 1. The lowest BCUT2D eigenvalue weighted by atomic mass is 10.1. The van der Waals surface area contributed by atoms with Crippen molar-refractivity contribution in [1.29, 1.82) is 0 Å². The van der Waals surface area contributed by atoms with Gasteiger partial charge >= 0.3 is 0 Å². The van der Waals surface area contributed by atoms with Gasteiger partial charge < -0.3 is 9.80 Å². The quantitative estimate of drug-likeness (QED) is 0.714. The predicted octanol–water partition coefficient (Wildman–Crippen LogP) is 1.83. The van der Waals surface area contributed by atoms with Gasteiger partial charge in [-0.05, 0) is 31.0 Å². The number of aromatic nitrogens is 1. The van der Waals surface area contributed by atoms with Crippen LogP contribution in [0.2, 0.25) is 0 Å². The summed E-state index contributed by atoms with van der Waals surface area (Å²) in [6.07, 6.45) is 0. The Hall–Kier alpha value is -1.25. The topological polar surface area (TPSA) is 19.4 Å². The first-order chi connectivity index (χ1) is 6.43. The zero-order valence-corrected chi connectivity index (χ0v) is 9.92. The van der Waals surface area contributed by atoms with Gasteiger partial charge in [-0.15, -0.1) is 0 Å². The zero-order valence-electron chi connectivity index (χ0n) is 9.92. The van der Waals surface area contributed by atoms with Crippen molar-refractivity contribution in [1.82, 2.24) is 4.98 Å². The van der Waals surface area contributed by atoms with E-state index in [1.165, 1.54) is 11.1 Å². The average molecular weight is 193 g/mol. The number of aryl methyl sites for hydroxylation is 1. The van der Waals surface area contributed by atoms with Gasteiger partial charge in [0.15, 0.2) is 0 Å². The second-order valence-corrected chi connectivity index (χ2v) is 4.03. The van der Waals surface area contributed by atoms with Crippen molar-refractivity contribution in [3.63, 3.8) is 0 Å². The molecule has 78 valence electrons. The van der Waals surface area contributed by atoms with Crippen molar-refractivity contribution in [3.05, 3.63) is 17.2 Å². The summed E-state index contributed by atoms with van der Waals surface area (Å²) >= 11 is 0. The van der Waals surface area contributed by atoms with Gasteiger partial charge in [0.25, 0.3) is 0 Å². The van der Waals surface area contributed by atoms with Crippen LogP contribution in [0.5, 0.6) is 0 Å². The molecule has 0 N–H and O–H groups in total. The summed E-state index contributed by atoms with van der Waals surface area (Å²) in [5, 5.41) is 0. The molecule has 0 saturated heterocycles. The molecule has 0 aliphatic carbocycles. The summed E-state index contributed by atoms with van der Waals surface area (Å²) < 4.78 is 0. The van der Waals surface area contributed by atoms with Crippen LogP contribution in [0.4, 0.5) is 11.6 Å². The Kier molecular flexibility index (Phi) is 2.99. The lowest BCUT2D eigenvalue weighted by molar-refractivity contribution is 0.997. The molecule has 14 heavy (non-hydrogen) atoms. The molecule has 3 nitrogen and oxygen atoms in total. The van der Waals surface area contributed by atoms with Gasteiger partial charge in [-0.1, -0.05) is 0 Å². The fourth-order valence-corrected chi connectivity index (χ4v) is 1.37. The second-order valence-electron chi connectivity index (χ2n) is 4.03. The van der Waals surface area contributed by atoms with Crippen molar-refractivity contribution in [3.8, 4) is 0 Å². The second kappa shape index (κ2) is 3.86. The molecule has 1 aromatic heterocycles. The first-order valence-corrected chi connectivity index (χ1v) is 4.76. The Balaban J connectivity index is 3.28. The molecule has 0 atom stereocenters. The SMILES string of the molecule is Cc1cc(N(C)C)nc(N(C)C)c1C. The maximum absolute atomic E-state index is 4.58. The van der Waals surface area contributed by atoms with Gasteiger partial charge in [-0.3, -0.25) is 0 Å². The highest BCUT2D eigenvalue weighted by Crippen LogP contribution is 2.23. The zero-order chi connectivity index (χ0) is 10.9. The summed E-state index contributed by atoms with van der Waals surface area (Å²) in [5.74, 6) is 2.06. The molecule has 0 bridgehead atoms. The molecule has 3 heteroatoms. The van der Waals surface area contributed by atoms with Crippen molar-refractivity contribution >= 4 is 11.6 Å². The van der Waals surface area contributed by atoms with E-state index in [0.717, 1.165) is 11.6 Å². The molecule has 0 spiro atoms. The predicted molar refractivity (Wildman–Crippen MR) is 62.4 cm³/mol. The van der Waals surface area contributed by atoms with E-state index < -0.39 is 0 Å². The molecule has 0 amide bonds. The van der Waals surface area contributed by atoms with E-state index in [0.29, 0.717) is 0 Å². The summed E-state index contributed by atoms with van der Waals surface area (Å²) in [4.78, 5) is 8.66. The van der Waals surface area contributed by atoms with Crippen molar-refractivity contribution in [2.24, 2.45) is 0 Å². The molecule has 0 saturated carbocycles. The lowest BCUT2D eigenvalue weighted by Gasteiger charge is -2.20. The third-order valence-electron chi connectivity index (χ3n) is 2.37. The Morgan fingerprint density at radius 1 is 1.00 bits per heavy atom. The summed E-state index contributed by atoms with van der Waals surface area (Å²) in [7, 11) is 8.07. The highest BCUT2D eigenvalue weighted by Gasteiger charge is 2.08. The third kappa shape index (κ3) is 1.97. The van der Waals surface area contributed by atoms with Crippen LogP contribution in [-0.4, -0.2) is 33.2 Å². The largest absolute Gasteiger partial charge is 0.363 e. The minimum atomic E-state index is 1.01. The van der Waals surface area contributed by atoms with E-state index in [1.54, 1.807) is 0 Å². The van der Waals surface area contributed by atoms with Gasteiger partial charge in [-0.25, -0.2) is 4.98 Å². The van der Waals surface area contributed by atoms with Gasteiger partial charge in [-0.2, -0.15) is 0 Å². The van der Waals surface area contributed by atoms with Crippen LogP contribution in [0, 0.1) is 13.8 Å². The normalized spacial score (nSPS) is 10.1. The van der Waals surface area contributed by atoms with Gasteiger partial charge in [0.05, 0.1) is 0 Å². The van der Waals surface area contributed by atoms with E-state index in [2.05, 4.69) is 29.8 Å². The molecule has 0 aliphatic rings. The van der Waals surface area contributed by atoms with Crippen LogP contribution in [0.1, 0.15) is 11.1 Å². The molecule has 1 aromatic rings. The van der Waals surface area contributed by atoms with Gasteiger partial charge in [0.1, 0.15) is 11.6 Å². The number of nitrogens with zero attached hydrogens (tertiary/aromatic N) is 3. The maximum atomic E-state index is 4.58. The monoisotopic (exact) mass is 193 g/mol. The Labute approximate surface area is 86.4 Å². The lowest BCUT2D eigenvalue weighted by Crippen LogP contribution is -2.17. The number of rotatable bonds is 2. The minimum Gasteiger partial charge on any atom is -0.363 e. The molecule has 1 heterocycles. The fourth-order valence-electron chi connectivity index (χ4n) is 1.37. The number of hydrogen-bond donors (Lipinski definition) is 0. The summed E-state index contributed by atoms with van der Waals surface area (Å²) in [6.45, 7) is 4.23. The number of anilines is 2. The van der Waals surface area contributed by atoms with E-state index in [4.69, 9.17) is 0 Å². The van der Waals surface area contributed by atoms with E-state index >= 15 is 0 Å². The molecule has 0 aliphatic heterocycles. The van der Waals surface area contributed by atoms with Crippen LogP contribution in [0.15, 0.2) is 6.07 Å². The van der Waals surface area contributed by atoms with E-state index in [1.807, 2.05) is 33.1 Å². The summed E-state index contributed by atoms with van der Waals surface area (Å²) in [6, 6.07) is 2.11. The van der Waals surface area contributed by atoms with Crippen LogP contribution in [-0.2, 0) is 0 Å². The molecular weight excluding hydrogens is 174 g/mol. The van der Waals surface area contributed by atoms with Crippen LogP contribution < -0.4 is 9.80 Å². The van der Waals surface area contributed by atoms with Crippen molar-refractivity contribution < 1.29 is 0 Å². The summed E-state index contributed by atoms with van der Waals surface area (Å²) in [5.41, 5.74) is 2.54.